The summed E-state index contributed by atoms with van der Waals surface area (Å²) in [6, 6.07) is 12.3. The van der Waals surface area contributed by atoms with Crippen LogP contribution in [0.15, 0.2) is 63.7 Å². The maximum absolute atomic E-state index is 12.8. The minimum Gasteiger partial charge on any atom is -0.506 e. The Kier molecular flexibility index (Phi) is 7.95. The summed E-state index contributed by atoms with van der Waals surface area (Å²) in [6.45, 7) is 5.96. The molecule has 1 aliphatic rings. The Hall–Kier alpha value is -3.52. The summed E-state index contributed by atoms with van der Waals surface area (Å²) in [4.78, 5) is 29.9. The van der Waals surface area contributed by atoms with Crippen LogP contribution in [0.5, 0.6) is 11.5 Å². The number of rotatable bonds is 7. The first-order valence-electron chi connectivity index (χ1n) is 10.4. The van der Waals surface area contributed by atoms with Gasteiger partial charge in [-0.25, -0.2) is 9.79 Å². The van der Waals surface area contributed by atoms with Crippen LogP contribution in [0.3, 0.4) is 0 Å². The summed E-state index contributed by atoms with van der Waals surface area (Å²) in [5, 5.41) is 10.9. The van der Waals surface area contributed by atoms with Gasteiger partial charge in [0.15, 0.2) is 11.5 Å². The highest BCUT2D eigenvalue weighted by molar-refractivity contribution is 8.18. The van der Waals surface area contributed by atoms with E-state index < -0.39 is 11.9 Å². The van der Waals surface area contributed by atoms with Crippen molar-refractivity contribution < 1.29 is 28.9 Å². The van der Waals surface area contributed by atoms with Crippen molar-refractivity contribution in [2.75, 3.05) is 20.3 Å². The van der Waals surface area contributed by atoms with Crippen LogP contribution >= 0.6 is 11.8 Å². The van der Waals surface area contributed by atoms with Crippen LogP contribution in [0.1, 0.15) is 35.3 Å². The predicted molar refractivity (Wildman–Crippen MR) is 129 cm³/mol. The summed E-state index contributed by atoms with van der Waals surface area (Å²) in [6.07, 6.45) is 1.68. The van der Waals surface area contributed by atoms with Gasteiger partial charge in [-0.3, -0.25) is 4.79 Å². The molecule has 1 aliphatic heterocycles. The zero-order chi connectivity index (χ0) is 24.0. The third-order valence-electron chi connectivity index (χ3n) is 4.73. The van der Waals surface area contributed by atoms with E-state index >= 15 is 0 Å². The molecule has 0 saturated heterocycles. The van der Waals surface area contributed by atoms with Crippen LogP contribution in [0.2, 0.25) is 0 Å². The van der Waals surface area contributed by atoms with Crippen LogP contribution in [0.4, 0.5) is 0 Å². The van der Waals surface area contributed by atoms with Crippen molar-refractivity contribution in [1.82, 2.24) is 0 Å². The van der Waals surface area contributed by atoms with Gasteiger partial charge < -0.3 is 19.3 Å². The van der Waals surface area contributed by atoms with Crippen molar-refractivity contribution >= 4 is 34.8 Å². The Morgan fingerprint density at radius 1 is 1.09 bits per heavy atom. The molecule has 0 unspecified atom stereocenters. The average molecular weight is 468 g/mol. The van der Waals surface area contributed by atoms with E-state index in [-0.39, 0.29) is 23.0 Å². The number of ether oxygens (including phenoxy) is 3. The van der Waals surface area contributed by atoms with E-state index in [0.29, 0.717) is 34.1 Å². The molecule has 0 fully saturated rings. The molecule has 1 amide bonds. The molecule has 33 heavy (non-hydrogen) atoms. The number of aliphatic imine (C=N–C) groups is 1. The monoisotopic (exact) mass is 467 g/mol. The molecule has 0 saturated carbocycles. The number of aryl methyl sites for hydroxylation is 1. The smallest absolute Gasteiger partial charge is 0.344 e. The molecule has 2 aromatic rings. The molecule has 0 spiro atoms. The minimum absolute atomic E-state index is 0.0864. The van der Waals surface area contributed by atoms with Gasteiger partial charge in [-0.05, 0) is 56.2 Å². The van der Waals surface area contributed by atoms with E-state index in [1.54, 1.807) is 56.3 Å². The predicted octanol–water partition coefficient (Wildman–Crippen LogP) is 5.10. The van der Waals surface area contributed by atoms with Crippen LogP contribution < -0.4 is 9.47 Å². The number of amides is 1. The maximum Gasteiger partial charge on any atom is 0.344 e. The normalized spacial score (nSPS) is 15.8. The highest BCUT2D eigenvalue weighted by Gasteiger charge is 2.34. The SMILES string of the molecule is CCOC(=O)C1=C(O)/C(=C/c2ccc(OCC)c(OC)c2)SC1=NC(=O)c1ccccc1C. The van der Waals surface area contributed by atoms with Gasteiger partial charge in [0, 0.05) is 5.56 Å². The van der Waals surface area contributed by atoms with Crippen molar-refractivity contribution in [3.05, 3.63) is 75.4 Å². The van der Waals surface area contributed by atoms with Crippen molar-refractivity contribution in [3.8, 4) is 11.5 Å². The number of nitrogens with zero attached hydrogens (tertiary/aromatic N) is 1. The van der Waals surface area contributed by atoms with Gasteiger partial charge in [-0.2, -0.15) is 0 Å². The van der Waals surface area contributed by atoms with Gasteiger partial charge in [0.2, 0.25) is 0 Å². The lowest BCUT2D eigenvalue weighted by Crippen LogP contribution is -2.14. The number of aliphatic hydroxyl groups excluding tert-OH is 1. The largest absolute Gasteiger partial charge is 0.506 e. The Labute approximate surface area is 196 Å². The lowest BCUT2D eigenvalue weighted by molar-refractivity contribution is -0.138. The number of benzene rings is 2. The number of thioether (sulfide) groups is 1. The molecule has 2 aromatic carbocycles. The van der Waals surface area contributed by atoms with Gasteiger partial charge in [0.25, 0.3) is 5.91 Å². The van der Waals surface area contributed by atoms with Gasteiger partial charge in [0.1, 0.15) is 16.4 Å². The molecule has 0 atom stereocenters. The van der Waals surface area contributed by atoms with E-state index in [4.69, 9.17) is 14.2 Å². The van der Waals surface area contributed by atoms with Crippen molar-refractivity contribution in [3.63, 3.8) is 0 Å². The van der Waals surface area contributed by atoms with Crippen LogP contribution in [-0.2, 0) is 9.53 Å². The van der Waals surface area contributed by atoms with E-state index in [1.807, 2.05) is 13.0 Å². The van der Waals surface area contributed by atoms with Crippen LogP contribution in [-0.4, -0.2) is 42.4 Å². The van der Waals surface area contributed by atoms with Crippen molar-refractivity contribution in [1.29, 1.82) is 0 Å². The second-order valence-electron chi connectivity index (χ2n) is 6.94. The third kappa shape index (κ3) is 5.46. The Morgan fingerprint density at radius 3 is 2.52 bits per heavy atom. The number of hydrogen-bond acceptors (Lipinski definition) is 7. The van der Waals surface area contributed by atoms with E-state index in [0.717, 1.165) is 17.3 Å². The number of hydrogen-bond donors (Lipinski definition) is 1. The fourth-order valence-corrected chi connectivity index (χ4v) is 4.17. The zero-order valence-corrected chi connectivity index (χ0v) is 19.7. The first kappa shape index (κ1) is 24.1. The quantitative estimate of drug-likeness (QED) is 0.566. The highest BCUT2D eigenvalue weighted by atomic mass is 32.2. The summed E-state index contributed by atoms with van der Waals surface area (Å²) in [7, 11) is 1.54. The molecule has 0 aromatic heterocycles. The number of carbonyl (C=O) groups is 2. The van der Waals surface area contributed by atoms with E-state index in [2.05, 4.69) is 4.99 Å². The number of aliphatic hydroxyl groups is 1. The van der Waals surface area contributed by atoms with Gasteiger partial charge in [0.05, 0.1) is 25.2 Å². The van der Waals surface area contributed by atoms with E-state index in [1.165, 1.54) is 7.11 Å². The number of carbonyl (C=O) groups excluding carboxylic acids is 2. The molecule has 172 valence electrons. The molecule has 1 N–H and O–H groups in total. The fourth-order valence-electron chi connectivity index (χ4n) is 3.16. The summed E-state index contributed by atoms with van der Waals surface area (Å²) in [5.41, 5.74) is 1.76. The van der Waals surface area contributed by atoms with Gasteiger partial charge in [-0.1, -0.05) is 36.0 Å². The molecular formula is C25H25NO6S. The van der Waals surface area contributed by atoms with Crippen molar-refractivity contribution in [2.45, 2.75) is 20.8 Å². The summed E-state index contributed by atoms with van der Waals surface area (Å²) < 4.78 is 16.0. The second kappa shape index (κ2) is 10.9. The first-order valence-corrected chi connectivity index (χ1v) is 11.2. The van der Waals surface area contributed by atoms with E-state index in [9.17, 15) is 14.7 Å². The molecular weight excluding hydrogens is 442 g/mol. The number of esters is 1. The molecule has 8 heteroatoms. The Balaban J connectivity index is 2.02. The minimum atomic E-state index is -0.744. The highest BCUT2D eigenvalue weighted by Crippen LogP contribution is 2.40. The van der Waals surface area contributed by atoms with Gasteiger partial charge in [-0.15, -0.1) is 0 Å². The summed E-state index contributed by atoms with van der Waals surface area (Å²) in [5.74, 6) is -0.408. The summed E-state index contributed by atoms with van der Waals surface area (Å²) >= 11 is 1.03. The van der Waals surface area contributed by atoms with Gasteiger partial charge >= 0.3 is 5.97 Å². The Morgan fingerprint density at radius 2 is 1.85 bits per heavy atom. The molecule has 1 heterocycles. The molecule has 0 aliphatic carbocycles. The topological polar surface area (TPSA) is 94.4 Å². The third-order valence-corrected chi connectivity index (χ3v) is 5.75. The zero-order valence-electron chi connectivity index (χ0n) is 18.9. The lowest BCUT2D eigenvalue weighted by Gasteiger charge is -2.09. The second-order valence-corrected chi connectivity index (χ2v) is 7.97. The molecule has 0 bridgehead atoms. The average Bonchev–Trinajstić information content (AvgIpc) is 3.09. The van der Waals surface area contributed by atoms with Crippen LogP contribution in [0, 0.1) is 6.92 Å². The first-order chi connectivity index (χ1) is 15.9. The van der Waals surface area contributed by atoms with Crippen LogP contribution in [0.25, 0.3) is 6.08 Å². The molecule has 0 radical (unpaired) electrons. The number of methoxy groups -OCH3 is 1. The lowest BCUT2D eigenvalue weighted by atomic mass is 10.1. The maximum atomic E-state index is 12.8. The molecule has 3 rings (SSSR count). The molecule has 7 nitrogen and oxygen atoms in total. The fraction of sp³-hybridized carbons (Fsp3) is 0.240. The van der Waals surface area contributed by atoms with Crippen molar-refractivity contribution in [2.24, 2.45) is 4.99 Å². The Bertz CT molecular complexity index is 1170. The standard InChI is InChI=1S/C25H25NO6S/c1-5-31-18-12-11-16(13-19(18)30-4)14-20-22(27)21(25(29)32-6-2)24(33-20)26-23(28)17-10-8-7-9-15(17)3/h7-14,27H,5-6H2,1-4H3/b20-14-,26-24?.